The topological polar surface area (TPSA) is 21.3 Å². The Morgan fingerprint density at radius 1 is 1.44 bits per heavy atom. The van der Waals surface area contributed by atoms with Crippen molar-refractivity contribution in [2.75, 3.05) is 13.2 Å². The number of hydrogen-bond acceptors (Lipinski definition) is 2. The second-order valence-electron chi connectivity index (χ2n) is 5.04. The normalized spacial score (nSPS) is 27.7. The molecule has 2 unspecified atom stereocenters. The predicted molar refractivity (Wildman–Crippen MR) is 69.7 cm³/mol. The first-order valence-corrected chi connectivity index (χ1v) is 6.66. The van der Waals surface area contributed by atoms with E-state index in [-0.39, 0.29) is 5.60 Å². The standard InChI is InChI=1S/C14H27NO/c1-5-12(3)11-13(15-6-2)14(4)9-7-8-10-16-14/h13,15H,3,5-11H2,1-2,4H3. The van der Waals surface area contributed by atoms with E-state index in [0.717, 1.165) is 26.0 Å². The van der Waals surface area contributed by atoms with Crippen molar-refractivity contribution in [1.82, 2.24) is 5.32 Å². The van der Waals surface area contributed by atoms with Crippen LogP contribution < -0.4 is 5.32 Å². The molecule has 1 aliphatic rings. The van der Waals surface area contributed by atoms with Gasteiger partial charge in [-0.15, -0.1) is 0 Å². The van der Waals surface area contributed by atoms with Gasteiger partial charge in [0.2, 0.25) is 0 Å². The van der Waals surface area contributed by atoms with Gasteiger partial charge >= 0.3 is 0 Å². The molecule has 0 aromatic heterocycles. The highest BCUT2D eigenvalue weighted by molar-refractivity contribution is 5.03. The van der Waals surface area contributed by atoms with Gasteiger partial charge in [-0.1, -0.05) is 26.0 Å². The van der Waals surface area contributed by atoms with Crippen LogP contribution in [0.5, 0.6) is 0 Å². The number of nitrogens with one attached hydrogen (secondary N) is 1. The molecule has 1 fully saturated rings. The monoisotopic (exact) mass is 225 g/mol. The summed E-state index contributed by atoms with van der Waals surface area (Å²) in [5.41, 5.74) is 1.33. The lowest BCUT2D eigenvalue weighted by atomic mass is 9.84. The molecule has 2 nitrogen and oxygen atoms in total. The smallest absolute Gasteiger partial charge is 0.0809 e. The number of hydrogen-bond donors (Lipinski definition) is 1. The van der Waals surface area contributed by atoms with E-state index in [1.165, 1.54) is 24.8 Å². The van der Waals surface area contributed by atoms with Crippen LogP contribution >= 0.6 is 0 Å². The summed E-state index contributed by atoms with van der Waals surface area (Å²) in [4.78, 5) is 0. The molecular formula is C14H27NO. The lowest BCUT2D eigenvalue weighted by Crippen LogP contribution is -2.52. The van der Waals surface area contributed by atoms with E-state index in [1.807, 2.05) is 0 Å². The van der Waals surface area contributed by atoms with E-state index in [9.17, 15) is 0 Å². The average Bonchev–Trinajstić information content (AvgIpc) is 2.29. The Bertz CT molecular complexity index is 219. The van der Waals surface area contributed by atoms with Gasteiger partial charge in [-0.3, -0.25) is 0 Å². The summed E-state index contributed by atoms with van der Waals surface area (Å²) in [6.07, 6.45) is 5.78. The van der Waals surface area contributed by atoms with Crippen LogP contribution in [0.2, 0.25) is 0 Å². The fourth-order valence-corrected chi connectivity index (χ4v) is 2.41. The van der Waals surface area contributed by atoms with Gasteiger partial charge in [0, 0.05) is 12.6 Å². The summed E-state index contributed by atoms with van der Waals surface area (Å²) in [5.74, 6) is 0. The molecule has 0 aliphatic carbocycles. The Kier molecular flexibility index (Phi) is 5.50. The summed E-state index contributed by atoms with van der Waals surface area (Å²) in [5, 5.41) is 3.57. The van der Waals surface area contributed by atoms with E-state index >= 15 is 0 Å². The van der Waals surface area contributed by atoms with Crippen LogP contribution in [0.15, 0.2) is 12.2 Å². The van der Waals surface area contributed by atoms with Gasteiger partial charge in [0.05, 0.1) is 5.60 Å². The molecule has 0 spiro atoms. The van der Waals surface area contributed by atoms with E-state index in [0.29, 0.717) is 6.04 Å². The first-order chi connectivity index (χ1) is 7.62. The van der Waals surface area contributed by atoms with Crippen molar-refractivity contribution >= 4 is 0 Å². The van der Waals surface area contributed by atoms with Crippen molar-refractivity contribution in [2.24, 2.45) is 0 Å². The molecule has 1 N–H and O–H groups in total. The number of likely N-dealkylation sites (N-methyl/N-ethyl adjacent to an activating group) is 1. The highest BCUT2D eigenvalue weighted by atomic mass is 16.5. The van der Waals surface area contributed by atoms with Crippen molar-refractivity contribution in [2.45, 2.75) is 64.5 Å². The minimum Gasteiger partial charge on any atom is -0.374 e. The first kappa shape index (κ1) is 13.7. The Hall–Kier alpha value is -0.340. The SMILES string of the molecule is C=C(CC)CC(NCC)C1(C)CCCCO1. The molecule has 2 atom stereocenters. The molecule has 1 aliphatic heterocycles. The van der Waals surface area contributed by atoms with E-state index in [2.05, 4.69) is 32.7 Å². The minimum absolute atomic E-state index is 0.00632. The van der Waals surface area contributed by atoms with Gasteiger partial charge in [-0.2, -0.15) is 0 Å². The summed E-state index contributed by atoms with van der Waals surface area (Å²) in [7, 11) is 0. The molecule has 16 heavy (non-hydrogen) atoms. The molecule has 1 heterocycles. The van der Waals surface area contributed by atoms with Crippen LogP contribution in [0.4, 0.5) is 0 Å². The Balaban J connectivity index is 2.62. The Morgan fingerprint density at radius 3 is 2.69 bits per heavy atom. The van der Waals surface area contributed by atoms with Crippen molar-refractivity contribution in [1.29, 1.82) is 0 Å². The lowest BCUT2D eigenvalue weighted by Gasteiger charge is -2.41. The molecule has 2 heteroatoms. The second kappa shape index (κ2) is 6.41. The van der Waals surface area contributed by atoms with Crippen molar-refractivity contribution in [3.63, 3.8) is 0 Å². The highest BCUT2D eigenvalue weighted by Crippen LogP contribution is 2.30. The molecule has 0 aromatic rings. The van der Waals surface area contributed by atoms with Crippen LogP contribution in [0.3, 0.4) is 0 Å². The van der Waals surface area contributed by atoms with E-state index in [4.69, 9.17) is 4.74 Å². The molecule has 0 saturated carbocycles. The average molecular weight is 225 g/mol. The van der Waals surface area contributed by atoms with Gasteiger partial charge in [0.25, 0.3) is 0 Å². The number of rotatable bonds is 6. The van der Waals surface area contributed by atoms with Gasteiger partial charge in [0.15, 0.2) is 0 Å². The second-order valence-corrected chi connectivity index (χ2v) is 5.04. The maximum absolute atomic E-state index is 6.02. The summed E-state index contributed by atoms with van der Waals surface area (Å²) < 4.78 is 6.02. The van der Waals surface area contributed by atoms with Crippen molar-refractivity contribution in [3.05, 3.63) is 12.2 Å². The summed E-state index contributed by atoms with van der Waals surface area (Å²) in [6.45, 7) is 12.6. The number of ether oxygens (including phenoxy) is 1. The lowest BCUT2D eigenvalue weighted by molar-refractivity contribution is -0.0881. The van der Waals surface area contributed by atoms with Gasteiger partial charge in [-0.05, 0) is 45.6 Å². The zero-order valence-electron chi connectivity index (χ0n) is 11.1. The predicted octanol–water partition coefficient (Wildman–Crippen LogP) is 3.28. The zero-order chi connectivity index (χ0) is 12.0. The fourth-order valence-electron chi connectivity index (χ4n) is 2.41. The Labute approximate surface area is 100 Å². The van der Waals surface area contributed by atoms with Crippen LogP contribution in [-0.2, 0) is 4.74 Å². The fraction of sp³-hybridized carbons (Fsp3) is 0.857. The van der Waals surface area contributed by atoms with Crippen LogP contribution in [0, 0.1) is 0 Å². The first-order valence-electron chi connectivity index (χ1n) is 6.66. The molecule has 94 valence electrons. The third-order valence-corrected chi connectivity index (χ3v) is 3.68. The molecule has 0 bridgehead atoms. The third-order valence-electron chi connectivity index (χ3n) is 3.68. The van der Waals surface area contributed by atoms with Crippen LogP contribution in [0.1, 0.15) is 52.9 Å². The molecule has 1 rings (SSSR count). The highest BCUT2D eigenvalue weighted by Gasteiger charge is 2.36. The van der Waals surface area contributed by atoms with Crippen LogP contribution in [-0.4, -0.2) is 24.8 Å². The van der Waals surface area contributed by atoms with E-state index in [1.54, 1.807) is 0 Å². The quantitative estimate of drug-likeness (QED) is 0.700. The zero-order valence-corrected chi connectivity index (χ0v) is 11.1. The van der Waals surface area contributed by atoms with E-state index < -0.39 is 0 Å². The van der Waals surface area contributed by atoms with Gasteiger partial charge < -0.3 is 10.1 Å². The summed E-state index contributed by atoms with van der Waals surface area (Å²) >= 11 is 0. The largest absolute Gasteiger partial charge is 0.374 e. The van der Waals surface area contributed by atoms with Crippen molar-refractivity contribution < 1.29 is 4.74 Å². The maximum Gasteiger partial charge on any atom is 0.0809 e. The van der Waals surface area contributed by atoms with Crippen LogP contribution in [0.25, 0.3) is 0 Å². The Morgan fingerprint density at radius 2 is 2.19 bits per heavy atom. The molecule has 0 aromatic carbocycles. The molecule has 0 radical (unpaired) electrons. The molecule has 0 amide bonds. The minimum atomic E-state index is 0.00632. The third kappa shape index (κ3) is 3.60. The maximum atomic E-state index is 6.02. The van der Waals surface area contributed by atoms with Gasteiger partial charge in [-0.25, -0.2) is 0 Å². The van der Waals surface area contributed by atoms with Gasteiger partial charge in [0.1, 0.15) is 0 Å². The van der Waals surface area contributed by atoms with Crippen molar-refractivity contribution in [3.8, 4) is 0 Å². The summed E-state index contributed by atoms with van der Waals surface area (Å²) in [6, 6.07) is 0.422. The molecule has 1 saturated heterocycles. The molecular weight excluding hydrogens is 198 g/mol.